The maximum atomic E-state index is 11.7. The third-order valence-corrected chi connectivity index (χ3v) is 1.73. The summed E-state index contributed by atoms with van der Waals surface area (Å²) < 4.78 is 10.5. The molecule has 0 spiro atoms. The highest BCUT2D eigenvalue weighted by Crippen LogP contribution is 2.14. The molecule has 16 heavy (non-hydrogen) atoms. The average molecular weight is 226 g/mol. The fraction of sp³-hybridized carbons (Fsp3) is 0.636. The molecule has 1 aliphatic heterocycles. The monoisotopic (exact) mass is 226 g/mol. The van der Waals surface area contributed by atoms with Gasteiger partial charge in [0.2, 0.25) is 5.88 Å². The maximum absolute atomic E-state index is 11.7. The van der Waals surface area contributed by atoms with Gasteiger partial charge in [-0.05, 0) is 27.7 Å². The van der Waals surface area contributed by atoms with Crippen LogP contribution >= 0.6 is 0 Å². The number of hydrogen-bond acceptors (Lipinski definition) is 4. The molecular weight excluding hydrogens is 208 g/mol. The van der Waals surface area contributed by atoms with Crippen molar-refractivity contribution in [3.05, 3.63) is 12.1 Å². The van der Waals surface area contributed by atoms with Gasteiger partial charge < -0.3 is 9.47 Å². The van der Waals surface area contributed by atoms with Crippen LogP contribution in [0.4, 0.5) is 4.79 Å². The van der Waals surface area contributed by atoms with Crippen LogP contribution < -0.4 is 0 Å². The van der Waals surface area contributed by atoms with Gasteiger partial charge in [0.15, 0.2) is 0 Å². The first-order chi connectivity index (χ1) is 7.42. The van der Waals surface area contributed by atoms with Crippen molar-refractivity contribution < 1.29 is 14.3 Å². The number of carbonyl (C=O) groups is 1. The third-order valence-electron chi connectivity index (χ3n) is 1.73. The molecule has 0 saturated heterocycles. The van der Waals surface area contributed by atoms with Crippen molar-refractivity contribution >= 4 is 12.3 Å². The van der Waals surface area contributed by atoms with Crippen molar-refractivity contribution in [3.8, 4) is 0 Å². The number of nitrogens with zero attached hydrogens (tertiary/aromatic N) is 2. The second kappa shape index (κ2) is 5.01. The predicted molar refractivity (Wildman–Crippen MR) is 61.1 cm³/mol. The van der Waals surface area contributed by atoms with Crippen molar-refractivity contribution in [3.63, 3.8) is 0 Å². The van der Waals surface area contributed by atoms with E-state index in [9.17, 15) is 4.79 Å². The molecule has 90 valence electrons. The van der Waals surface area contributed by atoms with E-state index in [1.807, 2.05) is 20.8 Å². The molecule has 0 saturated carbocycles. The van der Waals surface area contributed by atoms with Crippen LogP contribution in [0.5, 0.6) is 0 Å². The van der Waals surface area contributed by atoms with E-state index in [0.29, 0.717) is 19.0 Å². The van der Waals surface area contributed by atoms with E-state index in [4.69, 9.17) is 9.47 Å². The first kappa shape index (κ1) is 12.5. The van der Waals surface area contributed by atoms with Gasteiger partial charge in [0.25, 0.3) is 0 Å². The fourth-order valence-electron chi connectivity index (χ4n) is 1.15. The van der Waals surface area contributed by atoms with Crippen molar-refractivity contribution in [1.29, 1.82) is 0 Å². The molecule has 0 unspecified atom stereocenters. The number of ether oxygens (including phenoxy) is 2. The zero-order chi connectivity index (χ0) is 12.2. The van der Waals surface area contributed by atoms with E-state index < -0.39 is 5.60 Å². The quantitative estimate of drug-likeness (QED) is 0.644. The van der Waals surface area contributed by atoms with Gasteiger partial charge in [0, 0.05) is 6.21 Å². The van der Waals surface area contributed by atoms with Crippen LogP contribution in [0.25, 0.3) is 0 Å². The Morgan fingerprint density at radius 3 is 2.88 bits per heavy atom. The molecule has 5 nitrogen and oxygen atoms in total. The van der Waals surface area contributed by atoms with Crippen LogP contribution in [0.2, 0.25) is 0 Å². The summed E-state index contributed by atoms with van der Waals surface area (Å²) in [4.78, 5) is 17.2. The van der Waals surface area contributed by atoms with E-state index in [1.54, 1.807) is 19.3 Å². The first-order valence-corrected chi connectivity index (χ1v) is 5.25. The Kier molecular flexibility index (Phi) is 3.93. The predicted octanol–water partition coefficient (Wildman–Crippen LogP) is 2.14. The number of aliphatic imine (C=N–C) groups is 1. The fourth-order valence-corrected chi connectivity index (χ4v) is 1.15. The molecule has 0 aromatic rings. The summed E-state index contributed by atoms with van der Waals surface area (Å²) in [5.41, 5.74) is -0.489. The van der Waals surface area contributed by atoms with Gasteiger partial charge in [-0.1, -0.05) is 0 Å². The van der Waals surface area contributed by atoms with Crippen LogP contribution in [0.15, 0.2) is 17.1 Å². The van der Waals surface area contributed by atoms with Gasteiger partial charge in [-0.3, -0.25) is 4.90 Å². The topological polar surface area (TPSA) is 51.1 Å². The SMILES string of the molecule is CC=NC1=CN(C(=O)OC(C)(C)C)CCO1. The molecule has 0 atom stereocenters. The van der Waals surface area contributed by atoms with Gasteiger partial charge in [-0.15, -0.1) is 0 Å². The van der Waals surface area contributed by atoms with Gasteiger partial charge in [0.1, 0.15) is 12.2 Å². The molecule has 1 aliphatic rings. The lowest BCUT2D eigenvalue weighted by Crippen LogP contribution is -2.37. The minimum atomic E-state index is -0.489. The Bertz CT molecular complexity index is 316. The second-order valence-corrected chi connectivity index (χ2v) is 4.38. The van der Waals surface area contributed by atoms with Crippen molar-refractivity contribution in [1.82, 2.24) is 4.90 Å². The van der Waals surface area contributed by atoms with E-state index in [2.05, 4.69) is 4.99 Å². The Morgan fingerprint density at radius 2 is 2.31 bits per heavy atom. The summed E-state index contributed by atoms with van der Waals surface area (Å²) >= 11 is 0. The van der Waals surface area contributed by atoms with E-state index in [0.717, 1.165) is 0 Å². The number of amides is 1. The molecule has 1 heterocycles. The van der Waals surface area contributed by atoms with E-state index >= 15 is 0 Å². The van der Waals surface area contributed by atoms with Crippen LogP contribution in [-0.4, -0.2) is 36.0 Å². The zero-order valence-electron chi connectivity index (χ0n) is 10.2. The maximum Gasteiger partial charge on any atom is 0.414 e. The molecule has 1 amide bonds. The van der Waals surface area contributed by atoms with Crippen LogP contribution in [0, 0.1) is 0 Å². The average Bonchev–Trinajstić information content (AvgIpc) is 2.16. The summed E-state index contributed by atoms with van der Waals surface area (Å²) in [6.07, 6.45) is 2.79. The third kappa shape index (κ3) is 3.92. The minimum absolute atomic E-state index is 0.375. The first-order valence-electron chi connectivity index (χ1n) is 5.25. The summed E-state index contributed by atoms with van der Waals surface area (Å²) in [5, 5.41) is 0. The summed E-state index contributed by atoms with van der Waals surface area (Å²) in [6, 6.07) is 0. The molecule has 1 rings (SSSR count). The highest BCUT2D eigenvalue weighted by molar-refractivity contribution is 5.69. The highest BCUT2D eigenvalue weighted by atomic mass is 16.6. The van der Waals surface area contributed by atoms with Gasteiger partial charge >= 0.3 is 6.09 Å². The van der Waals surface area contributed by atoms with Gasteiger partial charge in [0.05, 0.1) is 12.7 Å². The molecule has 0 bridgehead atoms. The summed E-state index contributed by atoms with van der Waals surface area (Å²) in [7, 11) is 0. The van der Waals surface area contributed by atoms with Crippen molar-refractivity contribution in [2.45, 2.75) is 33.3 Å². The van der Waals surface area contributed by atoms with E-state index in [-0.39, 0.29) is 6.09 Å². The molecule has 0 aromatic carbocycles. The number of carbonyl (C=O) groups excluding carboxylic acids is 1. The highest BCUT2D eigenvalue weighted by Gasteiger charge is 2.23. The second-order valence-electron chi connectivity index (χ2n) is 4.38. The van der Waals surface area contributed by atoms with Crippen LogP contribution in [0.3, 0.4) is 0 Å². The number of hydrogen-bond donors (Lipinski definition) is 0. The normalized spacial score (nSPS) is 17.0. The zero-order valence-corrected chi connectivity index (χ0v) is 10.2. The standard InChI is InChI=1S/C11H18N2O3/c1-5-12-9-8-13(6-7-15-9)10(14)16-11(2,3)4/h5,8H,6-7H2,1-4H3. The number of rotatable bonds is 1. The lowest BCUT2D eigenvalue weighted by atomic mass is 10.2. The Labute approximate surface area is 95.7 Å². The van der Waals surface area contributed by atoms with Crippen molar-refractivity contribution in [2.24, 2.45) is 4.99 Å². The Balaban J connectivity index is 2.66. The van der Waals surface area contributed by atoms with Crippen molar-refractivity contribution in [2.75, 3.05) is 13.2 Å². The Hall–Kier alpha value is -1.52. The van der Waals surface area contributed by atoms with Crippen LogP contribution in [-0.2, 0) is 9.47 Å². The lowest BCUT2D eigenvalue weighted by Gasteiger charge is -2.27. The molecule has 0 radical (unpaired) electrons. The molecule has 0 aliphatic carbocycles. The minimum Gasteiger partial charge on any atom is -0.475 e. The molecular formula is C11H18N2O3. The molecule has 0 aromatic heterocycles. The summed E-state index contributed by atoms with van der Waals surface area (Å²) in [6.45, 7) is 8.21. The van der Waals surface area contributed by atoms with Gasteiger partial charge in [-0.25, -0.2) is 9.79 Å². The van der Waals surface area contributed by atoms with E-state index in [1.165, 1.54) is 4.90 Å². The molecule has 5 heteroatoms. The summed E-state index contributed by atoms with van der Waals surface area (Å²) in [5.74, 6) is 0.430. The lowest BCUT2D eigenvalue weighted by molar-refractivity contribution is 0.0244. The van der Waals surface area contributed by atoms with Crippen LogP contribution in [0.1, 0.15) is 27.7 Å². The smallest absolute Gasteiger partial charge is 0.414 e. The van der Waals surface area contributed by atoms with Gasteiger partial charge in [-0.2, -0.15) is 0 Å². The molecule has 0 N–H and O–H groups in total. The molecule has 0 fully saturated rings. The largest absolute Gasteiger partial charge is 0.475 e. The Morgan fingerprint density at radius 1 is 1.62 bits per heavy atom.